The van der Waals surface area contributed by atoms with E-state index < -0.39 is 17.8 Å². The molecule has 4 heteroatoms. The molecule has 2 aliphatic rings. The largest absolute Gasteiger partial charge is 0.494 e. The number of hydrogen-bond donors (Lipinski definition) is 0. The first-order chi connectivity index (χ1) is 16.5. The maximum atomic E-state index is 15.3. The van der Waals surface area contributed by atoms with Gasteiger partial charge in [-0.15, -0.1) is 0 Å². The molecule has 2 saturated carbocycles. The lowest BCUT2D eigenvalue weighted by molar-refractivity contribution is 0.145. The van der Waals surface area contributed by atoms with Gasteiger partial charge in [0, 0.05) is 0 Å². The maximum absolute atomic E-state index is 15.3. The average molecular weight is 473 g/mol. The van der Waals surface area contributed by atoms with Crippen molar-refractivity contribution < 1.29 is 17.9 Å². The Balaban J connectivity index is 1.38. The molecule has 0 aliphatic heterocycles. The summed E-state index contributed by atoms with van der Waals surface area (Å²) in [5.74, 6) is 3.18. The molecule has 4 rings (SSSR count). The molecular weight excluding hydrogens is 433 g/mol. The number of halogens is 3. The van der Waals surface area contributed by atoms with Crippen molar-refractivity contribution in [1.29, 1.82) is 0 Å². The molecule has 0 bridgehead atoms. The number of rotatable bonds is 8. The van der Waals surface area contributed by atoms with Crippen molar-refractivity contribution in [3.8, 4) is 16.9 Å². The van der Waals surface area contributed by atoms with Gasteiger partial charge in [-0.3, -0.25) is 0 Å². The third kappa shape index (κ3) is 5.98. The molecule has 2 aliphatic carbocycles. The van der Waals surface area contributed by atoms with Crippen LogP contribution in [0.25, 0.3) is 11.1 Å². The van der Waals surface area contributed by atoms with Crippen molar-refractivity contribution in [3.63, 3.8) is 0 Å². The average Bonchev–Trinajstić information content (AvgIpc) is 2.84. The lowest BCUT2D eigenvalue weighted by atomic mass is 9.69. The van der Waals surface area contributed by atoms with Gasteiger partial charge in [0.1, 0.15) is 11.6 Å². The molecular formula is C30H39F3O. The predicted octanol–water partition coefficient (Wildman–Crippen LogP) is 9.39. The van der Waals surface area contributed by atoms with Crippen LogP contribution in [0.5, 0.6) is 5.75 Å². The van der Waals surface area contributed by atoms with E-state index >= 15 is 4.39 Å². The fourth-order valence-corrected chi connectivity index (χ4v) is 6.26. The number of hydrogen-bond acceptors (Lipinski definition) is 1. The van der Waals surface area contributed by atoms with Crippen molar-refractivity contribution in [2.24, 2.45) is 23.7 Å². The maximum Gasteiger partial charge on any atom is 0.267 e. The molecule has 34 heavy (non-hydrogen) atoms. The van der Waals surface area contributed by atoms with E-state index in [0.29, 0.717) is 35.8 Å². The van der Waals surface area contributed by atoms with E-state index in [0.717, 1.165) is 24.2 Å². The van der Waals surface area contributed by atoms with Crippen LogP contribution in [0.4, 0.5) is 13.2 Å². The number of alkyl halides is 2. The second-order valence-electron chi connectivity index (χ2n) is 10.6. The summed E-state index contributed by atoms with van der Waals surface area (Å²) in [5, 5.41) is 0. The third-order valence-electron chi connectivity index (χ3n) is 8.39. The fourth-order valence-electron chi connectivity index (χ4n) is 6.26. The van der Waals surface area contributed by atoms with Crippen molar-refractivity contribution in [2.45, 2.75) is 84.5 Å². The van der Waals surface area contributed by atoms with Gasteiger partial charge in [0.25, 0.3) is 6.43 Å². The quantitative estimate of drug-likeness (QED) is 0.372. The molecule has 2 aromatic rings. The van der Waals surface area contributed by atoms with Gasteiger partial charge in [-0.2, -0.15) is 0 Å². The fraction of sp³-hybridized carbons (Fsp3) is 0.600. The highest BCUT2D eigenvalue weighted by molar-refractivity contribution is 5.69. The zero-order valence-corrected chi connectivity index (χ0v) is 20.7. The number of ether oxygens (including phenoxy) is 1. The minimum atomic E-state index is -2.85. The van der Waals surface area contributed by atoms with E-state index in [-0.39, 0.29) is 5.56 Å². The molecule has 0 amide bonds. The molecule has 2 aromatic carbocycles. The van der Waals surface area contributed by atoms with Crippen LogP contribution in [-0.2, 0) is 6.42 Å². The Morgan fingerprint density at radius 3 is 2.06 bits per heavy atom. The molecule has 186 valence electrons. The summed E-state index contributed by atoms with van der Waals surface area (Å²) >= 11 is 0. The summed E-state index contributed by atoms with van der Waals surface area (Å²) in [4.78, 5) is 0. The molecule has 0 radical (unpaired) electrons. The Morgan fingerprint density at radius 1 is 0.853 bits per heavy atom. The lowest BCUT2D eigenvalue weighted by Gasteiger charge is -2.37. The van der Waals surface area contributed by atoms with Gasteiger partial charge in [-0.1, -0.05) is 56.9 Å². The minimum absolute atomic E-state index is 0.265. The molecule has 0 unspecified atom stereocenters. The van der Waals surface area contributed by atoms with E-state index in [4.69, 9.17) is 4.74 Å². The van der Waals surface area contributed by atoms with E-state index in [9.17, 15) is 8.78 Å². The van der Waals surface area contributed by atoms with Gasteiger partial charge in [-0.25, -0.2) is 13.2 Å². The molecule has 0 aromatic heterocycles. The number of aryl methyl sites for hydroxylation is 1. The Labute approximate surface area is 203 Å². The summed E-state index contributed by atoms with van der Waals surface area (Å²) in [6.45, 7) is 4.79. The van der Waals surface area contributed by atoms with Crippen LogP contribution in [0.15, 0.2) is 36.4 Å². The molecule has 1 nitrogen and oxygen atoms in total. The summed E-state index contributed by atoms with van der Waals surface area (Å²) in [6.07, 6.45) is 9.06. The first-order valence-corrected chi connectivity index (χ1v) is 13.3. The first kappa shape index (κ1) is 25.1. The van der Waals surface area contributed by atoms with Crippen molar-refractivity contribution in [1.82, 2.24) is 0 Å². The van der Waals surface area contributed by atoms with Crippen molar-refractivity contribution in [3.05, 3.63) is 53.3 Å². The molecule has 0 spiro atoms. The third-order valence-corrected chi connectivity index (χ3v) is 8.39. The Bertz CT molecular complexity index is 907. The van der Waals surface area contributed by atoms with Crippen LogP contribution in [0.1, 0.15) is 89.2 Å². The molecule has 0 N–H and O–H groups in total. The summed E-state index contributed by atoms with van der Waals surface area (Å²) in [5.41, 5.74) is 0.798. The monoisotopic (exact) mass is 472 g/mol. The summed E-state index contributed by atoms with van der Waals surface area (Å²) in [7, 11) is 0. The molecule has 0 heterocycles. The van der Waals surface area contributed by atoms with E-state index in [1.807, 2.05) is 6.92 Å². The SMILES string of the molecule is CCOc1ccc(-c2ccc(CCC3CCC(C4CCC(C)CC4)CC3)c(F)c2C(F)F)cc1. The smallest absolute Gasteiger partial charge is 0.267 e. The van der Waals surface area contributed by atoms with Crippen LogP contribution < -0.4 is 4.74 Å². The Kier molecular flexibility index (Phi) is 8.60. The molecule has 0 atom stereocenters. The van der Waals surface area contributed by atoms with Gasteiger partial charge >= 0.3 is 0 Å². The Hall–Kier alpha value is -1.97. The zero-order valence-electron chi connectivity index (χ0n) is 20.7. The highest BCUT2D eigenvalue weighted by atomic mass is 19.3. The lowest BCUT2D eigenvalue weighted by Crippen LogP contribution is -2.25. The van der Waals surface area contributed by atoms with Crippen LogP contribution in [0.3, 0.4) is 0 Å². The van der Waals surface area contributed by atoms with Gasteiger partial charge < -0.3 is 4.74 Å². The normalized spacial score (nSPS) is 25.5. The predicted molar refractivity (Wildman–Crippen MR) is 133 cm³/mol. The number of benzene rings is 2. The second-order valence-corrected chi connectivity index (χ2v) is 10.6. The van der Waals surface area contributed by atoms with Crippen LogP contribution >= 0.6 is 0 Å². The summed E-state index contributed by atoms with van der Waals surface area (Å²) < 4.78 is 48.5. The van der Waals surface area contributed by atoms with Crippen molar-refractivity contribution in [2.75, 3.05) is 6.61 Å². The second kappa shape index (κ2) is 11.6. The van der Waals surface area contributed by atoms with Crippen LogP contribution in [0.2, 0.25) is 0 Å². The van der Waals surface area contributed by atoms with Gasteiger partial charge in [-0.05, 0) is 97.9 Å². The highest BCUT2D eigenvalue weighted by Crippen LogP contribution is 2.42. The van der Waals surface area contributed by atoms with E-state index in [1.165, 1.54) is 51.4 Å². The Morgan fingerprint density at radius 2 is 1.47 bits per heavy atom. The van der Waals surface area contributed by atoms with Gasteiger partial charge in [0.15, 0.2) is 0 Å². The topological polar surface area (TPSA) is 9.23 Å². The van der Waals surface area contributed by atoms with Crippen molar-refractivity contribution >= 4 is 0 Å². The standard InChI is InChI=1S/C30H39F3O/c1-3-34-26-17-14-24(15-18-26)27-19-16-25(29(31)28(27)30(32)33)13-8-21-6-11-23(12-7-21)22-9-4-20(2)5-10-22/h14-23,30H,3-13H2,1-2H3. The highest BCUT2D eigenvalue weighted by Gasteiger charge is 2.30. The first-order valence-electron chi connectivity index (χ1n) is 13.3. The van der Waals surface area contributed by atoms with Gasteiger partial charge in [0.05, 0.1) is 12.2 Å². The van der Waals surface area contributed by atoms with E-state index in [1.54, 1.807) is 36.4 Å². The van der Waals surface area contributed by atoms with Crippen LogP contribution in [0, 0.1) is 29.5 Å². The summed E-state index contributed by atoms with van der Waals surface area (Å²) in [6, 6.07) is 10.3. The zero-order chi connectivity index (χ0) is 24.1. The molecule has 0 saturated heterocycles. The van der Waals surface area contributed by atoms with E-state index in [2.05, 4.69) is 6.92 Å². The van der Waals surface area contributed by atoms with Crippen LogP contribution in [-0.4, -0.2) is 6.61 Å². The van der Waals surface area contributed by atoms with Gasteiger partial charge in [0.2, 0.25) is 0 Å². The minimum Gasteiger partial charge on any atom is -0.494 e. The molecule has 2 fully saturated rings.